The number of fused-ring (bicyclic) bond motifs is 1. The van der Waals surface area contributed by atoms with E-state index in [2.05, 4.69) is 5.32 Å². The molecule has 4 aromatic carbocycles. The highest BCUT2D eigenvalue weighted by Gasteiger charge is 2.36. The fourth-order valence-corrected chi connectivity index (χ4v) is 6.51. The van der Waals surface area contributed by atoms with Crippen molar-refractivity contribution >= 4 is 33.2 Å². The number of sulfonamides is 1. The number of hydrogen-bond donors (Lipinski definition) is 1. The molecule has 1 aliphatic heterocycles. The van der Waals surface area contributed by atoms with Crippen LogP contribution in [0.4, 0.5) is 5.69 Å². The smallest absolute Gasteiger partial charge is 0.264 e. The Morgan fingerprint density at radius 1 is 0.889 bits per heavy atom. The molecular weight excluding hydrogens is 492 g/mol. The van der Waals surface area contributed by atoms with Crippen LogP contribution in [0.5, 0.6) is 0 Å². The number of hydrogen-bond acceptors (Lipinski definition) is 3. The van der Waals surface area contributed by atoms with Gasteiger partial charge in [-0.2, -0.15) is 0 Å². The monoisotopic (exact) mass is 516 g/mol. The third-order valence-corrected chi connectivity index (χ3v) is 8.60. The lowest BCUT2D eigenvalue weighted by atomic mass is 9.98. The highest BCUT2D eigenvalue weighted by molar-refractivity contribution is 7.92. The summed E-state index contributed by atoms with van der Waals surface area (Å²) in [5.41, 5.74) is 3.86. The molecule has 0 fully saturated rings. The number of nitrogens with zero attached hydrogens (tertiary/aromatic N) is 1. The van der Waals surface area contributed by atoms with Crippen LogP contribution in [0.1, 0.15) is 40.0 Å². The zero-order valence-electron chi connectivity index (χ0n) is 19.6. The van der Waals surface area contributed by atoms with Crippen LogP contribution < -0.4 is 9.62 Å². The first-order chi connectivity index (χ1) is 17.3. The highest BCUT2D eigenvalue weighted by atomic mass is 35.5. The van der Waals surface area contributed by atoms with Crippen LogP contribution in [-0.4, -0.2) is 20.4 Å². The van der Waals surface area contributed by atoms with Crippen LogP contribution in [-0.2, 0) is 16.4 Å². The number of halogens is 1. The van der Waals surface area contributed by atoms with Crippen molar-refractivity contribution < 1.29 is 13.2 Å². The van der Waals surface area contributed by atoms with Gasteiger partial charge in [-0.25, -0.2) is 8.42 Å². The Bertz CT molecular complexity index is 1450. The zero-order valence-corrected chi connectivity index (χ0v) is 21.2. The van der Waals surface area contributed by atoms with Crippen LogP contribution >= 0.6 is 11.6 Å². The summed E-state index contributed by atoms with van der Waals surface area (Å²) in [6, 6.07) is 30.4. The van der Waals surface area contributed by atoms with Crippen molar-refractivity contribution in [3.05, 3.63) is 130 Å². The molecule has 182 valence electrons. The summed E-state index contributed by atoms with van der Waals surface area (Å²) in [4.78, 5) is 13.5. The summed E-state index contributed by atoms with van der Waals surface area (Å²) in [7, 11) is -3.77. The summed E-state index contributed by atoms with van der Waals surface area (Å²) in [5, 5.41) is 3.63. The van der Waals surface area contributed by atoms with Gasteiger partial charge in [0.15, 0.2) is 0 Å². The summed E-state index contributed by atoms with van der Waals surface area (Å²) in [5.74, 6) is -0.220. The van der Waals surface area contributed by atoms with Gasteiger partial charge in [0.1, 0.15) is 0 Å². The predicted molar refractivity (Wildman–Crippen MR) is 143 cm³/mol. The first kappa shape index (κ1) is 24.1. The van der Waals surface area contributed by atoms with E-state index in [-0.39, 0.29) is 22.9 Å². The average molecular weight is 517 g/mol. The Hall–Kier alpha value is -3.61. The molecule has 1 N–H and O–H groups in total. The number of amides is 1. The van der Waals surface area contributed by atoms with Crippen molar-refractivity contribution in [1.82, 2.24) is 5.32 Å². The SMILES string of the molecule is C[C@H]1Cc2cc(C(=O)NC(c3ccccc3)c3ccccc3)ccc2N1S(=O)(=O)c1ccc(Cl)cc1. The first-order valence-corrected chi connectivity index (χ1v) is 13.5. The lowest BCUT2D eigenvalue weighted by Gasteiger charge is -2.24. The highest BCUT2D eigenvalue weighted by Crippen LogP contribution is 2.37. The van der Waals surface area contributed by atoms with Gasteiger partial charge in [0, 0.05) is 16.6 Å². The van der Waals surface area contributed by atoms with Gasteiger partial charge in [-0.1, -0.05) is 72.3 Å². The van der Waals surface area contributed by atoms with Gasteiger partial charge >= 0.3 is 0 Å². The second-order valence-electron chi connectivity index (χ2n) is 8.88. The second kappa shape index (κ2) is 9.80. The van der Waals surface area contributed by atoms with Gasteiger partial charge in [-0.3, -0.25) is 9.10 Å². The summed E-state index contributed by atoms with van der Waals surface area (Å²) in [6.07, 6.45) is 0.518. The van der Waals surface area contributed by atoms with E-state index in [0.29, 0.717) is 22.7 Å². The minimum atomic E-state index is -3.77. The molecule has 36 heavy (non-hydrogen) atoms. The van der Waals surface area contributed by atoms with Crippen LogP contribution in [0.15, 0.2) is 108 Å². The zero-order chi connectivity index (χ0) is 25.3. The number of benzene rings is 4. The average Bonchev–Trinajstić information content (AvgIpc) is 3.24. The van der Waals surface area contributed by atoms with E-state index in [4.69, 9.17) is 11.6 Å². The lowest BCUT2D eigenvalue weighted by molar-refractivity contribution is 0.0943. The number of carbonyl (C=O) groups is 1. The summed E-state index contributed by atoms with van der Waals surface area (Å²) in [6.45, 7) is 1.87. The molecule has 0 unspecified atom stereocenters. The van der Waals surface area contributed by atoms with Gasteiger partial charge in [0.25, 0.3) is 15.9 Å². The van der Waals surface area contributed by atoms with E-state index in [9.17, 15) is 13.2 Å². The largest absolute Gasteiger partial charge is 0.341 e. The Balaban J connectivity index is 1.44. The maximum absolute atomic E-state index is 13.4. The first-order valence-electron chi connectivity index (χ1n) is 11.7. The number of anilines is 1. The Morgan fingerprint density at radius 3 is 2.06 bits per heavy atom. The molecule has 0 aromatic heterocycles. The van der Waals surface area contributed by atoms with Crippen molar-refractivity contribution in [1.29, 1.82) is 0 Å². The lowest BCUT2D eigenvalue weighted by Crippen LogP contribution is -2.35. The van der Waals surface area contributed by atoms with Crippen molar-refractivity contribution in [3.63, 3.8) is 0 Å². The molecule has 0 saturated heterocycles. The molecule has 0 aliphatic carbocycles. The standard InChI is InChI=1S/C29H25ClN2O3S/c1-20-18-24-19-23(12-17-27(24)32(20)36(34,35)26-15-13-25(30)14-16-26)29(33)31-28(21-8-4-2-5-9-21)22-10-6-3-7-11-22/h2-17,19-20,28H,18H2,1H3,(H,31,33)/t20-/m0/s1. The fraction of sp³-hybridized carbons (Fsp3) is 0.138. The molecule has 5 rings (SSSR count). The molecule has 0 bridgehead atoms. The van der Waals surface area contributed by atoms with Crippen LogP contribution in [0.25, 0.3) is 0 Å². The molecular formula is C29H25ClN2O3S. The molecule has 1 atom stereocenters. The molecule has 1 aliphatic rings. The normalized spacial score (nSPS) is 15.1. The molecule has 7 heteroatoms. The molecule has 0 spiro atoms. The van der Waals surface area contributed by atoms with Gasteiger partial charge in [-0.05, 0) is 72.5 Å². The maximum Gasteiger partial charge on any atom is 0.264 e. The van der Waals surface area contributed by atoms with E-state index in [1.54, 1.807) is 30.3 Å². The Labute approximate surface area is 216 Å². The van der Waals surface area contributed by atoms with E-state index in [1.807, 2.05) is 67.6 Å². The Kier molecular flexibility index (Phi) is 6.56. The molecule has 4 aromatic rings. The third-order valence-electron chi connectivity index (χ3n) is 6.41. The van der Waals surface area contributed by atoms with E-state index in [1.165, 1.54) is 16.4 Å². The van der Waals surface area contributed by atoms with Crippen molar-refractivity contribution in [2.24, 2.45) is 0 Å². The number of nitrogens with one attached hydrogen (secondary N) is 1. The summed E-state index contributed by atoms with van der Waals surface area (Å²) < 4.78 is 28.2. The molecule has 5 nitrogen and oxygen atoms in total. The van der Waals surface area contributed by atoms with Gasteiger partial charge in [0.2, 0.25) is 0 Å². The molecule has 0 saturated carbocycles. The Morgan fingerprint density at radius 2 is 1.47 bits per heavy atom. The minimum absolute atomic E-state index is 0.182. The number of carbonyl (C=O) groups excluding carboxylic acids is 1. The van der Waals surface area contributed by atoms with Gasteiger partial charge in [-0.15, -0.1) is 0 Å². The van der Waals surface area contributed by atoms with Crippen molar-refractivity contribution in [2.45, 2.75) is 30.3 Å². The van der Waals surface area contributed by atoms with Crippen LogP contribution in [0.2, 0.25) is 5.02 Å². The van der Waals surface area contributed by atoms with E-state index >= 15 is 0 Å². The molecule has 1 amide bonds. The van der Waals surface area contributed by atoms with Crippen LogP contribution in [0.3, 0.4) is 0 Å². The quantitative estimate of drug-likeness (QED) is 0.342. The van der Waals surface area contributed by atoms with Crippen molar-refractivity contribution in [2.75, 3.05) is 4.31 Å². The fourth-order valence-electron chi connectivity index (χ4n) is 4.69. The second-order valence-corrected chi connectivity index (χ2v) is 11.1. The van der Waals surface area contributed by atoms with Crippen LogP contribution in [0, 0.1) is 0 Å². The molecule has 0 radical (unpaired) electrons. The number of rotatable bonds is 6. The minimum Gasteiger partial charge on any atom is -0.341 e. The van der Waals surface area contributed by atoms with E-state index < -0.39 is 10.0 Å². The predicted octanol–water partition coefficient (Wildman–Crippen LogP) is 6.00. The maximum atomic E-state index is 13.4. The third kappa shape index (κ3) is 4.62. The van der Waals surface area contributed by atoms with Gasteiger partial charge < -0.3 is 5.32 Å². The topological polar surface area (TPSA) is 66.5 Å². The summed E-state index contributed by atoms with van der Waals surface area (Å²) >= 11 is 5.95. The van der Waals surface area contributed by atoms with E-state index in [0.717, 1.165) is 16.7 Å². The van der Waals surface area contributed by atoms with Gasteiger partial charge in [0.05, 0.1) is 16.6 Å². The van der Waals surface area contributed by atoms with Crippen molar-refractivity contribution in [3.8, 4) is 0 Å². The molecule has 1 heterocycles.